The number of ketones is 2. The number of fused-ring (bicyclic) bond motifs is 5. The van der Waals surface area contributed by atoms with Gasteiger partial charge < -0.3 is 50.7 Å². The zero-order valence-electron chi connectivity index (χ0n) is 34.0. The van der Waals surface area contributed by atoms with E-state index in [1.807, 2.05) is 24.3 Å². The van der Waals surface area contributed by atoms with Crippen molar-refractivity contribution < 1.29 is 49.7 Å². The molecule has 2 aromatic carbocycles. The number of ether oxygens (including phenoxy) is 2. The number of aliphatic hydroxyl groups excluding tert-OH is 5. The third-order valence-corrected chi connectivity index (χ3v) is 17.9. The van der Waals surface area contributed by atoms with Crippen LogP contribution in [0.3, 0.4) is 0 Å². The van der Waals surface area contributed by atoms with Crippen LogP contribution < -0.4 is 15.4 Å². The van der Waals surface area contributed by atoms with Gasteiger partial charge in [0.1, 0.15) is 40.3 Å². The minimum absolute atomic E-state index is 0.0428. The summed E-state index contributed by atoms with van der Waals surface area (Å²) in [6.45, 7) is -0.256. The number of hydrogen-bond acceptors (Lipinski definition) is 14. The predicted molar refractivity (Wildman–Crippen MR) is 230 cm³/mol. The maximum Gasteiger partial charge on any atom is 0.229 e. The summed E-state index contributed by atoms with van der Waals surface area (Å²) >= 11 is 0. The fourth-order valence-electron chi connectivity index (χ4n) is 12.7. The molecule has 5 aliphatic carbocycles. The Balaban J connectivity index is 1.09. The van der Waals surface area contributed by atoms with Crippen LogP contribution in [-0.4, -0.2) is 96.7 Å². The van der Waals surface area contributed by atoms with Crippen molar-refractivity contribution in [3.63, 3.8) is 0 Å². The van der Waals surface area contributed by atoms with Gasteiger partial charge in [0, 0.05) is 29.2 Å². The molecule has 7 bridgehead atoms. The van der Waals surface area contributed by atoms with Crippen LogP contribution in [0, 0.1) is 28.1 Å². The first-order chi connectivity index (χ1) is 29.4. The zero-order chi connectivity index (χ0) is 42.4. The highest BCUT2D eigenvalue weighted by Gasteiger charge is 2.72. The number of carbonyl (C=O) groups is 2. The van der Waals surface area contributed by atoms with E-state index >= 15 is 4.79 Å². The largest absolute Gasteiger partial charge is 0.511 e. The number of dihydropyridines is 1. The highest BCUT2D eigenvalue weighted by Crippen LogP contribution is 2.68. The predicted octanol–water partition coefficient (Wildman–Crippen LogP) is 5.16. The highest BCUT2D eigenvalue weighted by atomic mass is 33.1. The Morgan fingerprint density at radius 1 is 0.918 bits per heavy atom. The lowest BCUT2D eigenvalue weighted by atomic mass is 9.51. The van der Waals surface area contributed by atoms with Crippen LogP contribution >= 0.6 is 21.6 Å². The van der Waals surface area contributed by atoms with Crippen LogP contribution in [0.25, 0.3) is 0 Å². The Kier molecular flexibility index (Phi) is 10.4. The van der Waals surface area contributed by atoms with Crippen LogP contribution in [0.1, 0.15) is 89.6 Å². The van der Waals surface area contributed by atoms with Crippen molar-refractivity contribution in [1.29, 1.82) is 0 Å². The molecule has 3 aliphatic heterocycles. The van der Waals surface area contributed by atoms with Crippen LogP contribution in [0.15, 0.2) is 89.5 Å². The van der Waals surface area contributed by atoms with Crippen molar-refractivity contribution in [2.45, 2.75) is 101 Å². The summed E-state index contributed by atoms with van der Waals surface area (Å²) in [6, 6.07) is 12.1. The van der Waals surface area contributed by atoms with E-state index in [0.717, 1.165) is 67.5 Å². The average Bonchev–Trinajstić information content (AvgIpc) is 3.90. The normalized spacial score (nSPS) is 37.6. The van der Waals surface area contributed by atoms with E-state index in [2.05, 4.69) is 22.8 Å². The lowest BCUT2D eigenvalue weighted by Gasteiger charge is -2.63. The van der Waals surface area contributed by atoms with Gasteiger partial charge in [0.15, 0.2) is 11.6 Å². The second kappa shape index (κ2) is 15.3. The average molecular weight is 871 g/mol. The standard InChI is InChI=1S/C47H54N2O10S2/c50-22-28-6-3-5-27(17-28)18-29-19-32-38(53)31-7-4-8-33-37(31)39(54)46(32,35(52)20-29)25-60-61-26-49-36-21-30(10-16-48-36)44(15-14-43(23-44)11-1-2-12-43)34-9-13-45(24-51)42(56)47(34,57)40(55)41(58-33)59-45/h3-8,10,17,19-21,32,34,40-42,48-52,55-57H,1-2,9,11-16,18,22-26H2. The van der Waals surface area contributed by atoms with E-state index in [1.165, 1.54) is 27.7 Å². The molecule has 0 aromatic heterocycles. The summed E-state index contributed by atoms with van der Waals surface area (Å²) in [5.74, 6) is -1.69. The van der Waals surface area contributed by atoms with Gasteiger partial charge in [-0.15, -0.1) is 0 Å². The van der Waals surface area contributed by atoms with Crippen LogP contribution in [0.2, 0.25) is 0 Å². The second-order valence-electron chi connectivity index (χ2n) is 18.7. The lowest BCUT2D eigenvalue weighted by Crippen LogP contribution is -2.79. The minimum Gasteiger partial charge on any atom is -0.511 e. The van der Waals surface area contributed by atoms with E-state index in [-0.39, 0.29) is 52.6 Å². The number of benzene rings is 2. The molecule has 324 valence electrons. The number of carbonyl (C=O) groups excluding carboxylic acids is 2. The molecule has 3 saturated carbocycles. The van der Waals surface area contributed by atoms with Crippen LogP contribution in [0.5, 0.6) is 5.75 Å². The molecule has 12 nitrogen and oxygen atoms in total. The number of Topliss-reactive ketones (excluding diaryl/α,β-unsaturated/α-hetero) is 2. The molecular formula is C47H54N2O10S2. The van der Waals surface area contributed by atoms with E-state index in [1.54, 1.807) is 24.3 Å². The molecule has 61 heavy (non-hydrogen) atoms. The third kappa shape index (κ3) is 6.25. The highest BCUT2D eigenvalue weighted by molar-refractivity contribution is 8.76. The van der Waals surface area contributed by atoms with Crippen molar-refractivity contribution in [1.82, 2.24) is 10.6 Å². The lowest BCUT2D eigenvalue weighted by molar-refractivity contribution is -0.383. The van der Waals surface area contributed by atoms with Crippen molar-refractivity contribution in [3.05, 3.63) is 112 Å². The topological polar surface area (TPSA) is 198 Å². The summed E-state index contributed by atoms with van der Waals surface area (Å²) in [7, 11) is 2.85. The molecule has 4 fully saturated rings. The van der Waals surface area contributed by atoms with Gasteiger partial charge >= 0.3 is 0 Å². The first-order valence-corrected chi connectivity index (χ1v) is 24.1. The van der Waals surface area contributed by atoms with Gasteiger partial charge in [0.2, 0.25) is 6.29 Å². The van der Waals surface area contributed by atoms with E-state index in [0.29, 0.717) is 30.8 Å². The van der Waals surface area contributed by atoms with Gasteiger partial charge in [0.25, 0.3) is 0 Å². The molecule has 9 atom stereocenters. The van der Waals surface area contributed by atoms with E-state index < -0.39 is 64.8 Å². The number of hydrogen-bond donors (Lipinski definition) is 8. The van der Waals surface area contributed by atoms with Crippen molar-refractivity contribution in [2.75, 3.05) is 24.8 Å². The molecule has 3 spiro atoms. The van der Waals surface area contributed by atoms with Crippen molar-refractivity contribution in [3.8, 4) is 5.75 Å². The van der Waals surface area contributed by atoms with E-state index in [9.17, 15) is 35.4 Å². The molecule has 9 unspecified atom stereocenters. The quantitative estimate of drug-likeness (QED) is 0.188. The first kappa shape index (κ1) is 41.4. The number of rotatable bonds is 4. The summed E-state index contributed by atoms with van der Waals surface area (Å²) in [6.07, 6.45) is 10.3. The Morgan fingerprint density at radius 2 is 1.72 bits per heavy atom. The molecular weight excluding hydrogens is 817 g/mol. The molecule has 8 N–H and O–H groups in total. The van der Waals surface area contributed by atoms with Gasteiger partial charge in [0.05, 0.1) is 36.4 Å². The maximum absolute atomic E-state index is 15.3. The van der Waals surface area contributed by atoms with Crippen LogP contribution in [-0.2, 0) is 17.8 Å². The Bertz CT molecular complexity index is 2270. The Labute approximate surface area is 363 Å². The fraction of sp³-hybridized carbons (Fsp3) is 0.532. The SMILES string of the molecule is O=C1c2cccc3c2C(=O)C2(CSSCNC4=CC(=CCN4)C4(CCC5(CCCC5)C4)C4CCC5(CO)OC(O3)C(O)C4(O)C5O)C(O)=CC(Cc3cccc(CO)c3)=CC12. The van der Waals surface area contributed by atoms with Gasteiger partial charge in [-0.3, -0.25) is 9.59 Å². The molecule has 0 amide bonds. The molecule has 2 aromatic rings. The number of allylic oxidation sites excluding steroid dienone is 6. The Hall–Kier alpha value is -3.60. The van der Waals surface area contributed by atoms with Gasteiger partial charge in [-0.25, -0.2) is 0 Å². The Morgan fingerprint density at radius 3 is 2.52 bits per heavy atom. The maximum atomic E-state index is 15.3. The van der Waals surface area contributed by atoms with E-state index in [4.69, 9.17) is 9.47 Å². The summed E-state index contributed by atoms with van der Waals surface area (Å²) in [4.78, 5) is 30.2. The smallest absolute Gasteiger partial charge is 0.229 e. The summed E-state index contributed by atoms with van der Waals surface area (Å²) in [5, 5.41) is 77.9. The van der Waals surface area contributed by atoms with Crippen molar-refractivity contribution in [2.24, 2.45) is 28.1 Å². The van der Waals surface area contributed by atoms with Gasteiger partial charge in [-0.05, 0) is 97.3 Å². The second-order valence-corrected chi connectivity index (χ2v) is 21.2. The van der Waals surface area contributed by atoms with Gasteiger partial charge in [-0.1, -0.05) is 83.0 Å². The monoisotopic (exact) mass is 870 g/mol. The summed E-state index contributed by atoms with van der Waals surface area (Å²) in [5.41, 5.74) is -2.82. The molecule has 14 heteroatoms. The molecule has 8 aliphatic rings. The zero-order valence-corrected chi connectivity index (χ0v) is 35.6. The first-order valence-electron chi connectivity index (χ1n) is 21.6. The van der Waals surface area contributed by atoms with Crippen molar-refractivity contribution >= 4 is 33.2 Å². The third-order valence-electron chi connectivity index (χ3n) is 15.7. The minimum atomic E-state index is -2.21. The fourth-order valence-corrected chi connectivity index (χ4v) is 15.0. The van der Waals surface area contributed by atoms with Gasteiger partial charge in [-0.2, -0.15) is 0 Å². The molecule has 0 radical (unpaired) electrons. The molecule has 3 heterocycles. The molecule has 10 rings (SSSR count). The summed E-state index contributed by atoms with van der Waals surface area (Å²) < 4.78 is 12.9. The number of aliphatic hydroxyl groups is 6. The molecule has 1 saturated heterocycles. The number of nitrogens with one attached hydrogen (secondary N) is 2. The van der Waals surface area contributed by atoms with Crippen LogP contribution in [0.4, 0.5) is 0 Å².